The van der Waals surface area contributed by atoms with Crippen molar-refractivity contribution in [1.82, 2.24) is 5.32 Å². The van der Waals surface area contributed by atoms with Crippen LogP contribution in [0, 0.1) is 6.92 Å². The van der Waals surface area contributed by atoms with Gasteiger partial charge in [-0.3, -0.25) is 4.79 Å². The zero-order valence-electron chi connectivity index (χ0n) is 10.3. The van der Waals surface area contributed by atoms with Crippen LogP contribution < -0.4 is 5.32 Å². The largest absolute Gasteiger partial charge is 0.508 e. The summed E-state index contributed by atoms with van der Waals surface area (Å²) in [5, 5.41) is 12.2. The van der Waals surface area contributed by atoms with Crippen molar-refractivity contribution in [2.75, 3.05) is 0 Å². The smallest absolute Gasteiger partial charge is 0.217 e. The molecule has 0 saturated heterocycles. The van der Waals surface area contributed by atoms with Crippen molar-refractivity contribution in [3.8, 4) is 5.75 Å². The van der Waals surface area contributed by atoms with Crippen molar-refractivity contribution in [3.63, 3.8) is 0 Å². The average molecular weight is 221 g/mol. The van der Waals surface area contributed by atoms with Crippen LogP contribution in [0.2, 0.25) is 0 Å². The molecule has 3 heteroatoms. The second-order valence-corrected chi connectivity index (χ2v) is 4.85. The summed E-state index contributed by atoms with van der Waals surface area (Å²) in [6, 6.07) is 5.31. The SMILES string of the molecule is CC(=O)NC(C)(C)Cc1ccc(O)cc1C. The van der Waals surface area contributed by atoms with Crippen LogP contribution in [-0.2, 0) is 11.2 Å². The van der Waals surface area contributed by atoms with Gasteiger partial charge >= 0.3 is 0 Å². The predicted octanol–water partition coefficient (Wildman–Crippen LogP) is 2.16. The molecule has 0 atom stereocenters. The number of phenolic OH excluding ortho intramolecular Hbond substituents is 1. The number of aromatic hydroxyl groups is 1. The van der Waals surface area contributed by atoms with Crippen molar-refractivity contribution in [1.29, 1.82) is 0 Å². The van der Waals surface area contributed by atoms with Crippen LogP contribution in [0.15, 0.2) is 18.2 Å². The molecule has 0 spiro atoms. The van der Waals surface area contributed by atoms with Gasteiger partial charge in [-0.05, 0) is 50.5 Å². The molecule has 1 rings (SSSR count). The second-order valence-electron chi connectivity index (χ2n) is 4.85. The van der Waals surface area contributed by atoms with Crippen LogP contribution in [0.3, 0.4) is 0 Å². The first-order valence-electron chi connectivity index (χ1n) is 5.37. The van der Waals surface area contributed by atoms with Gasteiger partial charge < -0.3 is 10.4 Å². The van der Waals surface area contributed by atoms with E-state index in [2.05, 4.69) is 5.32 Å². The summed E-state index contributed by atoms with van der Waals surface area (Å²) in [6.45, 7) is 7.45. The van der Waals surface area contributed by atoms with E-state index in [-0.39, 0.29) is 17.2 Å². The molecule has 16 heavy (non-hydrogen) atoms. The molecule has 1 aromatic carbocycles. The Bertz CT molecular complexity index is 397. The monoisotopic (exact) mass is 221 g/mol. The van der Waals surface area contributed by atoms with Gasteiger partial charge in [0.25, 0.3) is 0 Å². The predicted molar refractivity (Wildman–Crippen MR) is 64.4 cm³/mol. The van der Waals surface area contributed by atoms with Crippen LogP contribution in [0.25, 0.3) is 0 Å². The minimum Gasteiger partial charge on any atom is -0.508 e. The van der Waals surface area contributed by atoms with E-state index < -0.39 is 0 Å². The first kappa shape index (κ1) is 12.6. The van der Waals surface area contributed by atoms with Crippen LogP contribution in [0.1, 0.15) is 31.9 Å². The Morgan fingerprint density at radius 1 is 1.44 bits per heavy atom. The molecule has 1 aromatic rings. The third kappa shape index (κ3) is 3.57. The molecule has 0 aliphatic heterocycles. The molecule has 0 saturated carbocycles. The van der Waals surface area contributed by atoms with E-state index in [1.54, 1.807) is 12.1 Å². The standard InChI is InChI=1S/C13H19NO2/c1-9-7-12(16)6-5-11(9)8-13(3,4)14-10(2)15/h5-7,16H,8H2,1-4H3,(H,14,15). The van der Waals surface area contributed by atoms with Gasteiger partial charge in [0.05, 0.1) is 0 Å². The fourth-order valence-electron chi connectivity index (χ4n) is 1.88. The van der Waals surface area contributed by atoms with Crippen molar-refractivity contribution in [2.45, 2.75) is 39.7 Å². The molecule has 0 aliphatic rings. The van der Waals surface area contributed by atoms with E-state index in [1.807, 2.05) is 26.8 Å². The lowest BCUT2D eigenvalue weighted by atomic mass is 9.92. The number of phenols is 1. The Morgan fingerprint density at radius 2 is 2.06 bits per heavy atom. The average Bonchev–Trinajstić information content (AvgIpc) is 2.07. The molecule has 0 heterocycles. The molecule has 0 aromatic heterocycles. The zero-order valence-corrected chi connectivity index (χ0v) is 10.3. The maximum absolute atomic E-state index is 11.0. The molecule has 0 unspecified atom stereocenters. The Kier molecular flexibility index (Phi) is 3.58. The number of aryl methyl sites for hydroxylation is 1. The van der Waals surface area contributed by atoms with Crippen LogP contribution in [0.5, 0.6) is 5.75 Å². The van der Waals surface area contributed by atoms with E-state index in [0.29, 0.717) is 0 Å². The summed E-state index contributed by atoms with van der Waals surface area (Å²) >= 11 is 0. The topological polar surface area (TPSA) is 49.3 Å². The van der Waals surface area contributed by atoms with Crippen molar-refractivity contribution in [2.24, 2.45) is 0 Å². The van der Waals surface area contributed by atoms with Gasteiger partial charge in [0.2, 0.25) is 5.91 Å². The van der Waals surface area contributed by atoms with Gasteiger partial charge in [-0.15, -0.1) is 0 Å². The number of carbonyl (C=O) groups is 1. The number of hydrogen-bond donors (Lipinski definition) is 2. The summed E-state index contributed by atoms with van der Waals surface area (Å²) in [5.74, 6) is 0.250. The highest BCUT2D eigenvalue weighted by Crippen LogP contribution is 2.20. The van der Waals surface area contributed by atoms with E-state index in [4.69, 9.17) is 0 Å². The van der Waals surface area contributed by atoms with E-state index >= 15 is 0 Å². The number of hydrogen-bond acceptors (Lipinski definition) is 2. The van der Waals surface area contributed by atoms with Crippen LogP contribution in [-0.4, -0.2) is 16.6 Å². The number of nitrogens with one attached hydrogen (secondary N) is 1. The first-order valence-corrected chi connectivity index (χ1v) is 5.37. The minimum atomic E-state index is -0.270. The molecule has 2 N–H and O–H groups in total. The Labute approximate surface area is 96.5 Å². The van der Waals surface area contributed by atoms with E-state index in [0.717, 1.165) is 17.5 Å². The fourth-order valence-corrected chi connectivity index (χ4v) is 1.88. The van der Waals surface area contributed by atoms with Crippen LogP contribution in [0.4, 0.5) is 0 Å². The molecule has 0 aliphatic carbocycles. The molecule has 0 fully saturated rings. The Balaban J connectivity index is 2.83. The van der Waals surface area contributed by atoms with Crippen LogP contribution >= 0.6 is 0 Å². The first-order chi connectivity index (χ1) is 7.30. The van der Waals surface area contributed by atoms with Gasteiger partial charge in [-0.25, -0.2) is 0 Å². The second kappa shape index (κ2) is 4.56. The Hall–Kier alpha value is -1.51. The number of carbonyl (C=O) groups excluding carboxylic acids is 1. The van der Waals surface area contributed by atoms with Crippen molar-refractivity contribution >= 4 is 5.91 Å². The molecule has 0 bridgehead atoms. The lowest BCUT2D eigenvalue weighted by molar-refractivity contribution is -0.120. The summed E-state index contributed by atoms with van der Waals surface area (Å²) in [5.41, 5.74) is 1.91. The maximum Gasteiger partial charge on any atom is 0.217 e. The Morgan fingerprint density at radius 3 is 2.56 bits per heavy atom. The molecule has 1 amide bonds. The molecule has 3 nitrogen and oxygen atoms in total. The number of benzene rings is 1. The molecule has 0 radical (unpaired) electrons. The number of rotatable bonds is 3. The third-order valence-corrected chi connectivity index (χ3v) is 2.47. The highest BCUT2D eigenvalue weighted by molar-refractivity contribution is 5.73. The summed E-state index contributed by atoms with van der Waals surface area (Å²) in [6.07, 6.45) is 0.749. The lowest BCUT2D eigenvalue weighted by Gasteiger charge is -2.26. The summed E-state index contributed by atoms with van der Waals surface area (Å²) in [4.78, 5) is 11.0. The highest BCUT2D eigenvalue weighted by atomic mass is 16.3. The summed E-state index contributed by atoms with van der Waals surface area (Å²) < 4.78 is 0. The quantitative estimate of drug-likeness (QED) is 0.821. The van der Waals surface area contributed by atoms with Gasteiger partial charge in [0, 0.05) is 12.5 Å². The molecular formula is C13H19NO2. The van der Waals surface area contributed by atoms with E-state index in [1.165, 1.54) is 6.92 Å². The third-order valence-electron chi connectivity index (χ3n) is 2.47. The minimum absolute atomic E-state index is 0.0265. The van der Waals surface area contributed by atoms with Gasteiger partial charge in [-0.2, -0.15) is 0 Å². The van der Waals surface area contributed by atoms with Gasteiger partial charge in [-0.1, -0.05) is 6.07 Å². The maximum atomic E-state index is 11.0. The number of amides is 1. The fraction of sp³-hybridized carbons (Fsp3) is 0.462. The van der Waals surface area contributed by atoms with Gasteiger partial charge in [0.15, 0.2) is 0 Å². The highest BCUT2D eigenvalue weighted by Gasteiger charge is 2.20. The zero-order chi connectivity index (χ0) is 12.3. The molecular weight excluding hydrogens is 202 g/mol. The van der Waals surface area contributed by atoms with E-state index in [9.17, 15) is 9.90 Å². The van der Waals surface area contributed by atoms with Crippen molar-refractivity contribution in [3.05, 3.63) is 29.3 Å². The summed E-state index contributed by atoms with van der Waals surface area (Å²) in [7, 11) is 0. The van der Waals surface area contributed by atoms with Gasteiger partial charge in [0.1, 0.15) is 5.75 Å². The van der Waals surface area contributed by atoms with Crippen molar-refractivity contribution < 1.29 is 9.90 Å². The normalized spacial score (nSPS) is 11.2. The lowest BCUT2D eigenvalue weighted by Crippen LogP contribution is -2.44. The molecule has 88 valence electrons.